The van der Waals surface area contributed by atoms with Gasteiger partial charge < -0.3 is 5.11 Å². The maximum absolute atomic E-state index is 11.1. The van der Waals surface area contributed by atoms with E-state index in [1.165, 1.54) is 6.07 Å². The number of fused-ring (bicyclic) bond motifs is 1. The van der Waals surface area contributed by atoms with E-state index >= 15 is 0 Å². The Hall–Kier alpha value is -1.74. The number of rotatable bonds is 0. The highest BCUT2D eigenvalue weighted by atomic mass is 32.1. The summed E-state index contributed by atoms with van der Waals surface area (Å²) in [4.78, 5) is 2.89. The summed E-state index contributed by atoms with van der Waals surface area (Å²) in [7, 11) is 0. The first kappa shape index (κ1) is 6.94. The third-order valence-corrected chi connectivity index (χ3v) is 2.20. The minimum absolute atomic E-state index is 0.0162. The molecule has 2 rings (SSSR count). The van der Waals surface area contributed by atoms with Crippen molar-refractivity contribution in [3.05, 3.63) is 17.1 Å². The van der Waals surface area contributed by atoms with E-state index in [1.807, 2.05) is 0 Å². The van der Waals surface area contributed by atoms with Crippen LogP contribution in [0.25, 0.3) is 15.2 Å². The minimum Gasteiger partial charge on any atom is -0.867 e. The molecule has 0 fully saturated rings. The Labute approximate surface area is 71.1 Å². The number of diazo groups is 1. The van der Waals surface area contributed by atoms with Gasteiger partial charge in [0, 0.05) is 0 Å². The number of aromatic nitrogens is 2. The fourth-order valence-corrected chi connectivity index (χ4v) is 1.55. The first-order chi connectivity index (χ1) is 5.83. The summed E-state index contributed by atoms with van der Waals surface area (Å²) >= 11 is 1.04. The van der Waals surface area contributed by atoms with Crippen LogP contribution in [0.15, 0.2) is 12.1 Å². The highest BCUT2D eigenvalue weighted by Gasteiger charge is 2.15. The molecule has 58 valence electrons. The Morgan fingerprint density at radius 1 is 1.50 bits per heavy atom. The van der Waals surface area contributed by atoms with E-state index < -0.39 is 0 Å². The van der Waals surface area contributed by atoms with Crippen LogP contribution in [0.4, 0.5) is 5.69 Å². The molecular weight excluding hydrogens is 176 g/mol. The molecule has 0 amide bonds. The van der Waals surface area contributed by atoms with Crippen molar-refractivity contribution < 1.29 is 5.11 Å². The van der Waals surface area contributed by atoms with E-state index in [-0.39, 0.29) is 11.4 Å². The van der Waals surface area contributed by atoms with Gasteiger partial charge in [0.25, 0.3) is 0 Å². The van der Waals surface area contributed by atoms with Crippen LogP contribution in [0.3, 0.4) is 0 Å². The molecule has 0 bridgehead atoms. The van der Waals surface area contributed by atoms with Crippen LogP contribution in [-0.4, -0.2) is 9.59 Å². The molecule has 0 N–H and O–H groups in total. The molecule has 2 aromatic rings. The molecule has 12 heavy (non-hydrogen) atoms. The summed E-state index contributed by atoms with van der Waals surface area (Å²) in [5.41, 5.74) is 0.593. The van der Waals surface area contributed by atoms with Gasteiger partial charge in [-0.3, -0.25) is 0 Å². The Morgan fingerprint density at radius 2 is 2.33 bits per heavy atom. The van der Waals surface area contributed by atoms with Crippen molar-refractivity contribution in [3.63, 3.8) is 0 Å². The summed E-state index contributed by atoms with van der Waals surface area (Å²) in [6.07, 6.45) is 0. The van der Waals surface area contributed by atoms with Crippen LogP contribution < -0.4 is 5.11 Å². The smallest absolute Gasteiger partial charge is 0.398 e. The standard InChI is InChI=1S/C6H2N4OS/c7-8-5-4(11)2-1-3-6(5)12-10-9-3/h1-2H. The van der Waals surface area contributed by atoms with E-state index in [2.05, 4.69) is 14.6 Å². The van der Waals surface area contributed by atoms with Crippen molar-refractivity contribution in [2.45, 2.75) is 0 Å². The molecule has 0 aliphatic carbocycles. The largest absolute Gasteiger partial charge is 0.867 e. The van der Waals surface area contributed by atoms with Crippen LogP contribution in [0.1, 0.15) is 0 Å². The van der Waals surface area contributed by atoms with E-state index in [1.54, 1.807) is 6.07 Å². The Kier molecular flexibility index (Phi) is 1.38. The number of nitrogens with zero attached hydrogens (tertiary/aromatic N) is 4. The monoisotopic (exact) mass is 178 g/mol. The van der Waals surface area contributed by atoms with Crippen molar-refractivity contribution in [3.8, 4) is 5.75 Å². The van der Waals surface area contributed by atoms with Gasteiger partial charge in [-0.2, -0.15) is 0 Å². The molecule has 0 unspecified atom stereocenters. The van der Waals surface area contributed by atoms with Gasteiger partial charge in [0.05, 0.1) is 0 Å². The van der Waals surface area contributed by atoms with E-state index in [0.29, 0.717) is 10.2 Å². The summed E-state index contributed by atoms with van der Waals surface area (Å²) in [5.74, 6) is -0.323. The Morgan fingerprint density at radius 3 is 3.08 bits per heavy atom. The van der Waals surface area contributed by atoms with E-state index in [0.717, 1.165) is 11.5 Å². The van der Waals surface area contributed by atoms with E-state index in [4.69, 9.17) is 5.39 Å². The molecule has 1 aromatic heterocycles. The normalized spacial score (nSPS) is 9.92. The third-order valence-electron chi connectivity index (χ3n) is 1.45. The second kappa shape index (κ2) is 2.39. The first-order valence-corrected chi connectivity index (χ1v) is 3.87. The Balaban J connectivity index is 2.94. The van der Waals surface area contributed by atoms with Crippen LogP contribution in [0.5, 0.6) is 5.75 Å². The van der Waals surface area contributed by atoms with Gasteiger partial charge in [0.2, 0.25) is 5.39 Å². The molecule has 0 spiro atoms. The fourth-order valence-electron chi connectivity index (χ4n) is 0.911. The van der Waals surface area contributed by atoms with Crippen molar-refractivity contribution in [2.24, 2.45) is 0 Å². The lowest BCUT2D eigenvalue weighted by Crippen LogP contribution is -1.88. The molecule has 1 heterocycles. The second-order valence-corrected chi connectivity index (χ2v) is 2.89. The SMILES string of the molecule is N#[N+]c1c([O-])ccc2nnsc12. The molecule has 0 saturated heterocycles. The summed E-state index contributed by atoms with van der Waals surface area (Å²) in [6, 6.07) is 2.86. The molecule has 6 heteroatoms. The van der Waals surface area contributed by atoms with Gasteiger partial charge in [-0.15, -0.1) is 5.10 Å². The number of hydrogen-bond acceptors (Lipinski definition) is 5. The highest BCUT2D eigenvalue weighted by molar-refractivity contribution is 7.13. The second-order valence-electron chi connectivity index (χ2n) is 2.13. The maximum atomic E-state index is 11.1. The van der Waals surface area contributed by atoms with Crippen molar-refractivity contribution in [2.75, 3.05) is 0 Å². The van der Waals surface area contributed by atoms with Gasteiger partial charge >= 0.3 is 5.69 Å². The molecule has 0 aliphatic rings. The average molecular weight is 178 g/mol. The number of hydrogen-bond donors (Lipinski definition) is 0. The van der Waals surface area contributed by atoms with Crippen molar-refractivity contribution >= 4 is 27.4 Å². The zero-order valence-corrected chi connectivity index (χ0v) is 6.58. The molecule has 0 aliphatic heterocycles. The minimum atomic E-state index is -0.323. The zero-order valence-electron chi connectivity index (χ0n) is 5.76. The maximum Gasteiger partial charge on any atom is 0.398 e. The number of benzene rings is 1. The van der Waals surface area contributed by atoms with Gasteiger partial charge in [-0.1, -0.05) is 10.6 Å². The lowest BCUT2D eigenvalue weighted by molar-refractivity contribution is -0.266. The molecule has 0 atom stereocenters. The quantitative estimate of drug-likeness (QED) is 0.569. The van der Waals surface area contributed by atoms with Crippen LogP contribution >= 0.6 is 11.5 Å². The highest BCUT2D eigenvalue weighted by Crippen LogP contribution is 2.34. The van der Waals surface area contributed by atoms with Gasteiger partial charge in [0.15, 0.2) is 9.68 Å². The fraction of sp³-hybridized carbons (Fsp3) is 0. The van der Waals surface area contributed by atoms with Crippen molar-refractivity contribution in [1.82, 2.24) is 9.59 Å². The Bertz CT molecular complexity index is 472. The summed E-state index contributed by atoms with van der Waals surface area (Å²) < 4.78 is 4.15. The predicted octanol–water partition coefficient (Wildman–Crippen LogP) is 1.25. The average Bonchev–Trinajstić information content (AvgIpc) is 2.52. The van der Waals surface area contributed by atoms with Crippen LogP contribution in [0.2, 0.25) is 0 Å². The molecule has 5 nitrogen and oxygen atoms in total. The van der Waals surface area contributed by atoms with Crippen LogP contribution in [-0.2, 0) is 0 Å². The van der Waals surface area contributed by atoms with Crippen LogP contribution in [0, 0.1) is 5.39 Å². The summed E-state index contributed by atoms with van der Waals surface area (Å²) in [6.45, 7) is 0. The zero-order chi connectivity index (χ0) is 8.55. The van der Waals surface area contributed by atoms with Gasteiger partial charge in [-0.05, 0) is 23.3 Å². The molecule has 0 radical (unpaired) electrons. The van der Waals surface area contributed by atoms with Gasteiger partial charge in [-0.25, -0.2) is 0 Å². The molecular formula is C6H2N4OS. The first-order valence-electron chi connectivity index (χ1n) is 3.10. The summed E-state index contributed by atoms with van der Waals surface area (Å²) in [5, 5.41) is 23.3. The predicted molar refractivity (Wildman–Crippen MR) is 41.6 cm³/mol. The van der Waals surface area contributed by atoms with Gasteiger partial charge in [0.1, 0.15) is 5.52 Å². The van der Waals surface area contributed by atoms with E-state index in [9.17, 15) is 5.11 Å². The van der Waals surface area contributed by atoms with Crippen molar-refractivity contribution in [1.29, 1.82) is 5.39 Å². The molecule has 1 aromatic carbocycles. The topological polar surface area (TPSA) is 77.0 Å². The lowest BCUT2D eigenvalue weighted by Gasteiger charge is -1.97. The molecule has 0 saturated carbocycles. The third kappa shape index (κ3) is 0.805. The lowest BCUT2D eigenvalue weighted by atomic mass is 10.3.